The van der Waals surface area contributed by atoms with Crippen molar-refractivity contribution >= 4 is 46.2 Å². The van der Waals surface area contributed by atoms with Gasteiger partial charge in [-0.3, -0.25) is 4.79 Å². The number of anilines is 1. The number of piperazine rings is 1. The van der Waals surface area contributed by atoms with E-state index in [4.69, 9.17) is 10.00 Å². The van der Waals surface area contributed by atoms with Crippen molar-refractivity contribution in [1.29, 1.82) is 5.26 Å². The number of carbonyl (C=O) groups is 1. The number of alkyl halides is 3. The van der Waals surface area contributed by atoms with Crippen LogP contribution >= 0.6 is 34.4 Å². The van der Waals surface area contributed by atoms with Gasteiger partial charge in [-0.05, 0) is 58.5 Å². The minimum atomic E-state index is -4.67. The summed E-state index contributed by atoms with van der Waals surface area (Å²) in [5.41, 5.74) is -0.566. The van der Waals surface area contributed by atoms with Crippen LogP contribution in [0.25, 0.3) is 0 Å². The van der Waals surface area contributed by atoms with Crippen LogP contribution in [0.2, 0.25) is 0 Å². The molecule has 3 aromatic rings. The summed E-state index contributed by atoms with van der Waals surface area (Å²) < 4.78 is 47.4. The van der Waals surface area contributed by atoms with Crippen molar-refractivity contribution < 1.29 is 22.7 Å². The van der Waals surface area contributed by atoms with Gasteiger partial charge in [0.1, 0.15) is 6.61 Å². The molecule has 0 unspecified atom stereocenters. The molecule has 1 saturated heterocycles. The predicted octanol–water partition coefficient (Wildman–Crippen LogP) is 4.98. The van der Waals surface area contributed by atoms with Gasteiger partial charge in [0.2, 0.25) is 17.7 Å². The summed E-state index contributed by atoms with van der Waals surface area (Å²) in [6, 6.07) is 12.8. The second-order valence-electron chi connectivity index (χ2n) is 7.91. The SMILES string of the molecule is CN1CCN(c2ncc(Sc3ccc(C#N)c(C(F)(F)F)c3)c(OCc3cccc(I)c3)n2)CC1=O. The number of amides is 1. The van der Waals surface area contributed by atoms with Crippen LogP contribution in [0.15, 0.2) is 58.5 Å². The van der Waals surface area contributed by atoms with Gasteiger partial charge in [0.15, 0.2) is 0 Å². The summed E-state index contributed by atoms with van der Waals surface area (Å²) in [5.74, 6) is 0.421. The van der Waals surface area contributed by atoms with Crippen molar-refractivity contribution in [3.8, 4) is 11.9 Å². The molecule has 0 aliphatic carbocycles. The maximum atomic E-state index is 13.4. The maximum Gasteiger partial charge on any atom is 0.417 e. The number of nitriles is 1. The van der Waals surface area contributed by atoms with Crippen molar-refractivity contribution in [3.05, 3.63) is 68.9 Å². The van der Waals surface area contributed by atoms with Gasteiger partial charge in [-0.25, -0.2) is 4.98 Å². The zero-order valence-corrected chi connectivity index (χ0v) is 21.9. The number of hydrogen-bond acceptors (Lipinski definition) is 7. The van der Waals surface area contributed by atoms with E-state index in [-0.39, 0.29) is 29.8 Å². The molecule has 0 N–H and O–H groups in total. The third-order valence-corrected chi connectivity index (χ3v) is 7.02. The Morgan fingerprint density at radius 3 is 2.72 bits per heavy atom. The molecule has 12 heteroatoms. The molecular formula is C24H19F3IN5O2S. The largest absolute Gasteiger partial charge is 0.472 e. The number of benzene rings is 2. The van der Waals surface area contributed by atoms with E-state index in [9.17, 15) is 18.0 Å². The van der Waals surface area contributed by atoms with E-state index in [1.54, 1.807) is 22.9 Å². The third-order valence-electron chi connectivity index (χ3n) is 5.36. The molecule has 7 nitrogen and oxygen atoms in total. The number of nitrogens with zero attached hydrogens (tertiary/aromatic N) is 5. The molecule has 0 bridgehead atoms. The first kappa shape index (κ1) is 26.0. The number of aromatic nitrogens is 2. The Bertz CT molecular complexity index is 1330. The van der Waals surface area contributed by atoms with Crippen LogP contribution in [-0.4, -0.2) is 47.5 Å². The molecule has 186 valence electrons. The number of likely N-dealkylation sites (N-methyl/N-ethyl adjacent to an activating group) is 1. The van der Waals surface area contributed by atoms with E-state index in [0.29, 0.717) is 23.9 Å². The first-order valence-corrected chi connectivity index (χ1v) is 12.6. The fraction of sp³-hybridized carbons (Fsp3) is 0.250. The first-order valence-electron chi connectivity index (χ1n) is 10.7. The first-order chi connectivity index (χ1) is 17.1. The van der Waals surface area contributed by atoms with Crippen molar-refractivity contribution in [3.63, 3.8) is 0 Å². The summed E-state index contributed by atoms with van der Waals surface area (Å²) in [5, 5.41) is 9.06. The second-order valence-corrected chi connectivity index (χ2v) is 10.3. The molecule has 0 saturated carbocycles. The van der Waals surface area contributed by atoms with E-state index in [1.165, 1.54) is 12.3 Å². The van der Waals surface area contributed by atoms with Crippen LogP contribution in [0, 0.1) is 14.9 Å². The van der Waals surface area contributed by atoms with Gasteiger partial charge in [-0.2, -0.15) is 23.4 Å². The molecule has 1 aliphatic heterocycles. The Morgan fingerprint density at radius 1 is 1.22 bits per heavy atom. The fourth-order valence-corrected chi connectivity index (χ4v) is 4.90. The Kier molecular flexibility index (Phi) is 7.89. The van der Waals surface area contributed by atoms with E-state index < -0.39 is 17.3 Å². The zero-order chi connectivity index (χ0) is 25.9. The third kappa shape index (κ3) is 6.19. The highest BCUT2D eigenvalue weighted by Gasteiger charge is 2.34. The normalized spacial score (nSPS) is 14.1. The summed E-state index contributed by atoms with van der Waals surface area (Å²) in [4.78, 5) is 25.1. The minimum absolute atomic E-state index is 0.0677. The van der Waals surface area contributed by atoms with Gasteiger partial charge in [-0.15, -0.1) is 0 Å². The van der Waals surface area contributed by atoms with E-state index in [1.807, 2.05) is 24.3 Å². The summed E-state index contributed by atoms with van der Waals surface area (Å²) >= 11 is 3.20. The van der Waals surface area contributed by atoms with Crippen LogP contribution in [0.3, 0.4) is 0 Å². The molecule has 0 spiro atoms. The van der Waals surface area contributed by atoms with Gasteiger partial charge in [-0.1, -0.05) is 23.9 Å². The number of hydrogen-bond donors (Lipinski definition) is 0. The Labute approximate surface area is 223 Å². The monoisotopic (exact) mass is 625 g/mol. The molecule has 1 amide bonds. The molecule has 1 fully saturated rings. The Morgan fingerprint density at radius 2 is 2.03 bits per heavy atom. The predicted molar refractivity (Wildman–Crippen MR) is 136 cm³/mol. The maximum absolute atomic E-state index is 13.4. The van der Waals surface area contributed by atoms with Crippen LogP contribution < -0.4 is 9.64 Å². The van der Waals surface area contributed by atoms with Gasteiger partial charge in [0.05, 0.1) is 34.8 Å². The highest BCUT2D eigenvalue weighted by atomic mass is 127. The highest BCUT2D eigenvalue weighted by molar-refractivity contribution is 14.1. The molecule has 2 heterocycles. The average molecular weight is 625 g/mol. The van der Waals surface area contributed by atoms with Gasteiger partial charge >= 0.3 is 6.18 Å². The van der Waals surface area contributed by atoms with Crippen molar-refractivity contribution in [1.82, 2.24) is 14.9 Å². The Balaban J connectivity index is 1.66. The van der Waals surface area contributed by atoms with Crippen LogP contribution in [0.4, 0.5) is 19.1 Å². The van der Waals surface area contributed by atoms with Gasteiger partial charge < -0.3 is 14.5 Å². The van der Waals surface area contributed by atoms with Crippen LogP contribution in [0.1, 0.15) is 16.7 Å². The minimum Gasteiger partial charge on any atom is -0.472 e. The van der Waals surface area contributed by atoms with Gasteiger partial charge in [0.25, 0.3) is 0 Å². The van der Waals surface area contributed by atoms with Crippen molar-refractivity contribution in [2.24, 2.45) is 0 Å². The summed E-state index contributed by atoms with van der Waals surface area (Å²) in [7, 11) is 1.73. The number of carbonyl (C=O) groups excluding carboxylic acids is 1. The lowest BCUT2D eigenvalue weighted by Gasteiger charge is -2.32. The molecule has 0 radical (unpaired) electrons. The lowest BCUT2D eigenvalue weighted by molar-refractivity contribution is -0.138. The lowest BCUT2D eigenvalue weighted by atomic mass is 10.1. The summed E-state index contributed by atoms with van der Waals surface area (Å²) in [6.07, 6.45) is -3.19. The van der Waals surface area contributed by atoms with Crippen molar-refractivity contribution in [2.75, 3.05) is 31.6 Å². The average Bonchev–Trinajstić information content (AvgIpc) is 2.84. The van der Waals surface area contributed by atoms with E-state index in [0.717, 1.165) is 33.0 Å². The van der Waals surface area contributed by atoms with Crippen LogP contribution in [-0.2, 0) is 17.6 Å². The number of rotatable bonds is 6. The Hall–Kier alpha value is -3.05. The van der Waals surface area contributed by atoms with E-state index in [2.05, 4.69) is 32.6 Å². The topological polar surface area (TPSA) is 82.3 Å². The number of halogens is 4. The lowest BCUT2D eigenvalue weighted by Crippen LogP contribution is -2.49. The molecule has 1 aliphatic rings. The van der Waals surface area contributed by atoms with Crippen LogP contribution in [0.5, 0.6) is 5.88 Å². The fourth-order valence-electron chi connectivity index (χ4n) is 3.43. The smallest absolute Gasteiger partial charge is 0.417 e. The molecule has 2 aromatic carbocycles. The molecule has 1 aromatic heterocycles. The summed E-state index contributed by atoms with van der Waals surface area (Å²) in [6.45, 7) is 1.35. The number of ether oxygens (including phenoxy) is 1. The molecule has 4 rings (SSSR count). The second kappa shape index (κ2) is 10.9. The highest BCUT2D eigenvalue weighted by Crippen LogP contribution is 2.39. The van der Waals surface area contributed by atoms with Gasteiger partial charge in [0, 0.05) is 28.6 Å². The molecule has 36 heavy (non-hydrogen) atoms. The molecule has 0 atom stereocenters. The quantitative estimate of drug-likeness (QED) is 0.358. The molecular weight excluding hydrogens is 606 g/mol. The zero-order valence-electron chi connectivity index (χ0n) is 18.9. The van der Waals surface area contributed by atoms with E-state index >= 15 is 0 Å². The van der Waals surface area contributed by atoms with Crippen molar-refractivity contribution in [2.45, 2.75) is 22.6 Å². The standard InChI is InChI=1S/C24H19F3IN5O2S/c1-32-7-8-33(13-21(32)34)23-30-12-20(22(31-23)35-14-15-3-2-4-17(28)9-15)36-18-6-5-16(11-29)19(10-18)24(25,26)27/h2-6,9-10,12H,7-8,13-14H2,1H3.